The molecular formula is C22H27NO3. The van der Waals surface area contributed by atoms with Gasteiger partial charge in [-0.1, -0.05) is 18.2 Å². The van der Waals surface area contributed by atoms with Crippen LogP contribution in [0.3, 0.4) is 0 Å². The lowest BCUT2D eigenvalue weighted by atomic mass is 10.0. The van der Waals surface area contributed by atoms with E-state index in [1.54, 1.807) is 0 Å². The average molecular weight is 353 g/mol. The number of hydrogen-bond donors (Lipinski definition) is 0. The molecule has 0 aromatic heterocycles. The molecule has 0 spiro atoms. The van der Waals surface area contributed by atoms with Gasteiger partial charge in [0.1, 0.15) is 6.10 Å². The lowest BCUT2D eigenvalue weighted by Gasteiger charge is -2.32. The fourth-order valence-corrected chi connectivity index (χ4v) is 3.24. The fraction of sp³-hybridized carbons (Fsp3) is 0.409. The van der Waals surface area contributed by atoms with Gasteiger partial charge in [-0.3, -0.25) is 4.79 Å². The molecule has 0 aliphatic carbocycles. The van der Waals surface area contributed by atoms with Crippen LogP contribution >= 0.6 is 0 Å². The summed E-state index contributed by atoms with van der Waals surface area (Å²) in [5.41, 5.74) is 3.14. The number of para-hydroxylation sites is 2. The zero-order chi connectivity index (χ0) is 18.5. The molecular weight excluding hydrogens is 326 g/mol. The van der Waals surface area contributed by atoms with Crippen molar-refractivity contribution in [2.45, 2.75) is 39.7 Å². The summed E-state index contributed by atoms with van der Waals surface area (Å²) in [5.74, 6) is 1.68. The molecule has 2 aromatic rings. The number of amides is 1. The molecule has 0 saturated carbocycles. The van der Waals surface area contributed by atoms with Crippen molar-refractivity contribution < 1.29 is 14.3 Å². The van der Waals surface area contributed by atoms with Crippen LogP contribution in [0.15, 0.2) is 42.5 Å². The van der Waals surface area contributed by atoms with Gasteiger partial charge in [-0.25, -0.2) is 0 Å². The summed E-state index contributed by atoms with van der Waals surface area (Å²) >= 11 is 0. The Balaban J connectivity index is 1.59. The number of aryl methyl sites for hydroxylation is 2. The van der Waals surface area contributed by atoms with E-state index in [2.05, 4.69) is 6.92 Å². The first kappa shape index (κ1) is 18.3. The van der Waals surface area contributed by atoms with Crippen LogP contribution in [0.25, 0.3) is 0 Å². The fourth-order valence-electron chi connectivity index (χ4n) is 3.24. The summed E-state index contributed by atoms with van der Waals surface area (Å²) in [7, 11) is 0. The van der Waals surface area contributed by atoms with E-state index in [-0.39, 0.29) is 12.0 Å². The van der Waals surface area contributed by atoms with Crippen LogP contribution in [-0.2, 0) is 0 Å². The second kappa shape index (κ2) is 8.26. The van der Waals surface area contributed by atoms with Crippen LogP contribution in [0.2, 0.25) is 0 Å². The van der Waals surface area contributed by atoms with Gasteiger partial charge < -0.3 is 14.4 Å². The maximum absolute atomic E-state index is 12.7. The number of benzene rings is 2. The van der Waals surface area contributed by atoms with E-state index in [0.29, 0.717) is 19.7 Å². The quantitative estimate of drug-likeness (QED) is 0.800. The van der Waals surface area contributed by atoms with Gasteiger partial charge in [0.05, 0.1) is 6.61 Å². The molecule has 1 saturated heterocycles. The average Bonchev–Trinajstić information content (AvgIpc) is 2.66. The predicted octanol–water partition coefficient (Wildman–Crippen LogP) is 4.39. The topological polar surface area (TPSA) is 38.8 Å². The Morgan fingerprint density at radius 2 is 1.73 bits per heavy atom. The van der Waals surface area contributed by atoms with E-state index >= 15 is 0 Å². The molecule has 1 heterocycles. The third-order valence-electron chi connectivity index (χ3n) is 4.93. The third kappa shape index (κ3) is 4.18. The van der Waals surface area contributed by atoms with Crippen molar-refractivity contribution >= 4 is 5.91 Å². The Labute approximate surface area is 155 Å². The molecule has 138 valence electrons. The highest BCUT2D eigenvalue weighted by Crippen LogP contribution is 2.29. The number of hydrogen-bond acceptors (Lipinski definition) is 3. The van der Waals surface area contributed by atoms with Crippen molar-refractivity contribution in [2.24, 2.45) is 0 Å². The largest absolute Gasteiger partial charge is 0.490 e. The summed E-state index contributed by atoms with van der Waals surface area (Å²) in [6.45, 7) is 8.12. The van der Waals surface area contributed by atoms with Crippen LogP contribution in [0, 0.1) is 13.8 Å². The summed E-state index contributed by atoms with van der Waals surface area (Å²) in [5, 5.41) is 0. The zero-order valence-corrected chi connectivity index (χ0v) is 15.8. The normalized spacial score (nSPS) is 15.0. The summed E-state index contributed by atoms with van der Waals surface area (Å²) in [6, 6.07) is 13.7. The molecule has 1 amide bonds. The molecule has 1 aliphatic heterocycles. The maximum atomic E-state index is 12.7. The van der Waals surface area contributed by atoms with E-state index in [9.17, 15) is 4.79 Å². The molecule has 26 heavy (non-hydrogen) atoms. The van der Waals surface area contributed by atoms with Crippen LogP contribution in [0.5, 0.6) is 11.5 Å². The Kier molecular flexibility index (Phi) is 5.82. The number of carbonyl (C=O) groups excluding carboxylic acids is 1. The highest BCUT2D eigenvalue weighted by molar-refractivity contribution is 5.94. The molecule has 0 N–H and O–H groups in total. The van der Waals surface area contributed by atoms with Gasteiger partial charge in [0.25, 0.3) is 5.91 Å². The van der Waals surface area contributed by atoms with Gasteiger partial charge >= 0.3 is 0 Å². The number of nitrogens with zero attached hydrogens (tertiary/aromatic N) is 1. The summed E-state index contributed by atoms with van der Waals surface area (Å²) in [6.07, 6.45) is 1.77. The number of ether oxygens (including phenoxy) is 2. The molecule has 1 aliphatic rings. The van der Waals surface area contributed by atoms with Crippen molar-refractivity contribution in [1.82, 2.24) is 4.90 Å². The third-order valence-corrected chi connectivity index (χ3v) is 4.93. The van der Waals surface area contributed by atoms with Gasteiger partial charge in [-0.15, -0.1) is 0 Å². The van der Waals surface area contributed by atoms with Crippen LogP contribution in [-0.4, -0.2) is 36.6 Å². The number of rotatable bonds is 5. The maximum Gasteiger partial charge on any atom is 0.253 e. The molecule has 2 aromatic carbocycles. The van der Waals surface area contributed by atoms with Crippen LogP contribution in [0.4, 0.5) is 0 Å². The Morgan fingerprint density at radius 3 is 2.38 bits per heavy atom. The van der Waals surface area contributed by atoms with Crippen LogP contribution < -0.4 is 9.47 Å². The number of piperidine rings is 1. The minimum atomic E-state index is 0.111. The summed E-state index contributed by atoms with van der Waals surface area (Å²) in [4.78, 5) is 14.7. The minimum Gasteiger partial charge on any atom is -0.490 e. The molecule has 0 radical (unpaired) electrons. The minimum absolute atomic E-state index is 0.111. The lowest BCUT2D eigenvalue weighted by molar-refractivity contribution is 0.0589. The molecule has 4 heteroatoms. The smallest absolute Gasteiger partial charge is 0.253 e. The van der Waals surface area contributed by atoms with E-state index in [4.69, 9.17) is 9.47 Å². The van der Waals surface area contributed by atoms with E-state index in [0.717, 1.165) is 35.5 Å². The second-order valence-electron chi connectivity index (χ2n) is 6.79. The highest BCUT2D eigenvalue weighted by Gasteiger charge is 2.25. The van der Waals surface area contributed by atoms with Gasteiger partial charge in [0, 0.05) is 31.5 Å². The van der Waals surface area contributed by atoms with Crippen molar-refractivity contribution in [1.29, 1.82) is 0 Å². The van der Waals surface area contributed by atoms with Crippen molar-refractivity contribution in [3.8, 4) is 11.5 Å². The first-order valence-electron chi connectivity index (χ1n) is 9.33. The van der Waals surface area contributed by atoms with Crippen molar-refractivity contribution in [3.05, 3.63) is 59.2 Å². The van der Waals surface area contributed by atoms with E-state index in [1.165, 1.54) is 5.56 Å². The summed E-state index contributed by atoms with van der Waals surface area (Å²) < 4.78 is 11.8. The van der Waals surface area contributed by atoms with Gasteiger partial charge in [0.2, 0.25) is 0 Å². The first-order chi connectivity index (χ1) is 12.6. The Bertz CT molecular complexity index is 764. The molecule has 4 nitrogen and oxygen atoms in total. The van der Waals surface area contributed by atoms with Crippen LogP contribution in [0.1, 0.15) is 41.3 Å². The van der Waals surface area contributed by atoms with Crippen molar-refractivity contribution in [3.63, 3.8) is 0 Å². The highest BCUT2D eigenvalue weighted by atomic mass is 16.5. The molecule has 0 bridgehead atoms. The van der Waals surface area contributed by atoms with Gasteiger partial charge in [-0.2, -0.15) is 0 Å². The number of carbonyl (C=O) groups is 1. The molecule has 0 atom stereocenters. The van der Waals surface area contributed by atoms with Gasteiger partial charge in [-0.05, 0) is 56.2 Å². The standard InChI is InChI=1S/C22H27NO3/c1-4-25-20-7-5-6-8-21(20)26-19-11-13-23(14-12-19)22(24)18-10-9-16(2)17(3)15-18/h5-10,15,19H,4,11-14H2,1-3H3. The van der Waals surface area contributed by atoms with E-state index in [1.807, 2.05) is 61.2 Å². The lowest BCUT2D eigenvalue weighted by Crippen LogP contribution is -2.41. The molecule has 3 rings (SSSR count). The monoisotopic (exact) mass is 353 g/mol. The molecule has 1 fully saturated rings. The Morgan fingerprint density at radius 1 is 1.04 bits per heavy atom. The first-order valence-corrected chi connectivity index (χ1v) is 9.33. The predicted molar refractivity (Wildman–Crippen MR) is 103 cm³/mol. The second-order valence-corrected chi connectivity index (χ2v) is 6.79. The Hall–Kier alpha value is -2.49. The zero-order valence-electron chi connectivity index (χ0n) is 15.8. The van der Waals surface area contributed by atoms with Crippen molar-refractivity contribution in [2.75, 3.05) is 19.7 Å². The van der Waals surface area contributed by atoms with Gasteiger partial charge in [0.15, 0.2) is 11.5 Å². The molecule has 0 unspecified atom stereocenters. The number of likely N-dealkylation sites (tertiary alicyclic amines) is 1. The SMILES string of the molecule is CCOc1ccccc1OC1CCN(C(=O)c2ccc(C)c(C)c2)CC1. The van der Waals surface area contributed by atoms with E-state index < -0.39 is 0 Å².